The number of carbonyl (C=O) groups excluding carboxylic acids is 2. The van der Waals surface area contributed by atoms with Gasteiger partial charge in [-0.1, -0.05) is 19.4 Å². The zero-order chi connectivity index (χ0) is 28.1. The second kappa shape index (κ2) is 12.7. The molecule has 10 heteroatoms. The fourth-order valence-electron chi connectivity index (χ4n) is 6.21. The Morgan fingerprint density at radius 1 is 1.18 bits per heavy atom. The second-order valence-corrected chi connectivity index (χ2v) is 10.8. The van der Waals surface area contributed by atoms with E-state index in [0.29, 0.717) is 50.5 Å². The average Bonchev–Trinajstić information content (AvgIpc) is 3.57. The van der Waals surface area contributed by atoms with Crippen LogP contribution in [0.5, 0.6) is 11.5 Å². The van der Waals surface area contributed by atoms with E-state index in [1.165, 1.54) is 0 Å². The molecule has 5 rings (SSSR count). The molecule has 3 aliphatic rings. The molecule has 0 radical (unpaired) electrons. The predicted molar refractivity (Wildman–Crippen MR) is 148 cm³/mol. The second-order valence-electron chi connectivity index (χ2n) is 10.8. The molecular weight excluding hydrogens is 512 g/mol. The molecule has 1 unspecified atom stereocenters. The van der Waals surface area contributed by atoms with Gasteiger partial charge >= 0.3 is 5.97 Å². The third-order valence-corrected chi connectivity index (χ3v) is 8.31. The van der Waals surface area contributed by atoms with Crippen LogP contribution in [0.15, 0.2) is 42.7 Å². The van der Waals surface area contributed by atoms with Crippen LogP contribution in [0, 0.1) is 5.92 Å². The van der Waals surface area contributed by atoms with Crippen LogP contribution in [0.4, 0.5) is 5.69 Å². The van der Waals surface area contributed by atoms with Crippen LogP contribution in [-0.4, -0.2) is 83.2 Å². The summed E-state index contributed by atoms with van der Waals surface area (Å²) in [5, 5.41) is 10.5. The summed E-state index contributed by atoms with van der Waals surface area (Å²) in [7, 11) is 0. The number of ether oxygens (including phenoxy) is 2. The Hall–Kier alpha value is -3.66. The Kier molecular flexibility index (Phi) is 8.84. The van der Waals surface area contributed by atoms with Crippen molar-refractivity contribution in [1.82, 2.24) is 14.8 Å². The van der Waals surface area contributed by atoms with E-state index in [0.717, 1.165) is 36.9 Å². The Morgan fingerprint density at radius 3 is 2.77 bits per heavy atom. The summed E-state index contributed by atoms with van der Waals surface area (Å²) in [5.41, 5.74) is 1.58. The summed E-state index contributed by atoms with van der Waals surface area (Å²) < 4.78 is 11.0. The van der Waals surface area contributed by atoms with Crippen LogP contribution in [-0.2, 0) is 14.4 Å². The number of fused-ring (bicyclic) bond motifs is 1. The first-order valence-corrected chi connectivity index (χ1v) is 14.3. The molecule has 40 heavy (non-hydrogen) atoms. The van der Waals surface area contributed by atoms with Gasteiger partial charge in [-0.15, -0.1) is 0 Å². The summed E-state index contributed by atoms with van der Waals surface area (Å²) in [6, 6.07) is 8.86. The standard InChI is InChI=1S/C30H38N4O6/c1-2-3-14-34(22-7-6-12-31-17-22)28(36)19-33-18-23(21-9-10-25-26(16-21)40-20-39-25)29(30(37)38)24(33)11-15-32-13-5-4-8-27(32)35/h6-7,9-10,12,16-17,23-24,29H,2-5,8,11,13-15,18-20H2,1H3,(H,37,38)/t23-,24+,29?/m1/s1. The van der Waals surface area contributed by atoms with Crippen molar-refractivity contribution in [2.24, 2.45) is 5.92 Å². The fourth-order valence-corrected chi connectivity index (χ4v) is 6.21. The largest absolute Gasteiger partial charge is 0.481 e. The topological polar surface area (TPSA) is 113 Å². The van der Waals surface area contributed by atoms with Gasteiger partial charge in [0.1, 0.15) is 0 Å². The maximum Gasteiger partial charge on any atom is 0.308 e. The number of likely N-dealkylation sites (tertiary alicyclic amines) is 2. The smallest absolute Gasteiger partial charge is 0.308 e. The molecule has 1 aromatic heterocycles. The minimum atomic E-state index is -0.900. The monoisotopic (exact) mass is 550 g/mol. The molecule has 0 aliphatic carbocycles. The van der Waals surface area contributed by atoms with Crippen LogP contribution in [0.1, 0.15) is 56.9 Å². The summed E-state index contributed by atoms with van der Waals surface area (Å²) >= 11 is 0. The number of anilines is 1. The number of pyridine rings is 1. The number of unbranched alkanes of at least 4 members (excludes halogenated alkanes) is 1. The predicted octanol–water partition coefficient (Wildman–Crippen LogP) is 3.51. The lowest BCUT2D eigenvalue weighted by Gasteiger charge is -2.32. The number of aromatic nitrogens is 1. The quantitative estimate of drug-likeness (QED) is 0.452. The third kappa shape index (κ3) is 6.06. The van der Waals surface area contributed by atoms with Crippen LogP contribution in [0.2, 0.25) is 0 Å². The van der Waals surface area contributed by atoms with Gasteiger partial charge in [0.25, 0.3) is 0 Å². The summed E-state index contributed by atoms with van der Waals surface area (Å²) in [5.74, 6) is -0.704. The number of hydrogen-bond acceptors (Lipinski definition) is 7. The van der Waals surface area contributed by atoms with E-state index < -0.39 is 17.9 Å². The highest BCUT2D eigenvalue weighted by Gasteiger charge is 2.47. The maximum atomic E-state index is 13.8. The fraction of sp³-hybridized carbons (Fsp3) is 0.533. The van der Waals surface area contributed by atoms with Crippen molar-refractivity contribution in [3.63, 3.8) is 0 Å². The Morgan fingerprint density at radius 2 is 2.02 bits per heavy atom. The molecule has 2 fully saturated rings. The molecule has 0 bridgehead atoms. The molecule has 2 amide bonds. The van der Waals surface area contributed by atoms with Gasteiger partial charge < -0.3 is 24.4 Å². The molecule has 0 spiro atoms. The first-order chi connectivity index (χ1) is 19.5. The highest BCUT2D eigenvalue weighted by Crippen LogP contribution is 2.43. The number of hydrogen-bond donors (Lipinski definition) is 1. The van der Waals surface area contributed by atoms with Gasteiger partial charge in [0, 0.05) is 50.8 Å². The average molecular weight is 551 g/mol. The molecule has 1 aromatic carbocycles. The van der Waals surface area contributed by atoms with Crippen molar-refractivity contribution in [1.29, 1.82) is 0 Å². The number of benzene rings is 1. The van der Waals surface area contributed by atoms with E-state index >= 15 is 0 Å². The summed E-state index contributed by atoms with van der Waals surface area (Å²) in [4.78, 5) is 48.9. The van der Waals surface area contributed by atoms with E-state index in [9.17, 15) is 19.5 Å². The zero-order valence-corrected chi connectivity index (χ0v) is 23.0. The van der Waals surface area contributed by atoms with Gasteiger partial charge in [-0.3, -0.25) is 24.3 Å². The normalized spacial score (nSPS) is 22.5. The van der Waals surface area contributed by atoms with Crippen LogP contribution in [0.25, 0.3) is 0 Å². The van der Waals surface area contributed by atoms with Crippen molar-refractivity contribution < 1.29 is 29.0 Å². The van der Waals surface area contributed by atoms with E-state index in [1.807, 2.05) is 40.1 Å². The number of carbonyl (C=O) groups is 3. The Balaban J connectivity index is 1.42. The maximum absolute atomic E-state index is 13.8. The van der Waals surface area contributed by atoms with E-state index in [2.05, 4.69) is 11.9 Å². The highest BCUT2D eigenvalue weighted by atomic mass is 16.7. The lowest BCUT2D eigenvalue weighted by Crippen LogP contribution is -2.46. The number of piperidine rings is 1. The first kappa shape index (κ1) is 27.9. The Labute approximate surface area is 234 Å². The Bertz CT molecular complexity index is 1210. The molecule has 1 N–H and O–H groups in total. The van der Waals surface area contributed by atoms with Gasteiger partial charge in [-0.25, -0.2) is 0 Å². The molecule has 4 heterocycles. The molecule has 3 aliphatic heterocycles. The molecule has 3 atom stereocenters. The number of nitrogens with zero attached hydrogens (tertiary/aromatic N) is 4. The van der Waals surface area contributed by atoms with Crippen molar-refractivity contribution in [2.45, 2.75) is 57.4 Å². The van der Waals surface area contributed by atoms with Crippen LogP contribution >= 0.6 is 0 Å². The van der Waals surface area contributed by atoms with E-state index in [1.54, 1.807) is 17.3 Å². The molecule has 0 saturated carbocycles. The van der Waals surface area contributed by atoms with Crippen molar-refractivity contribution >= 4 is 23.5 Å². The minimum Gasteiger partial charge on any atom is -0.481 e. The number of aliphatic carboxylic acids is 1. The molecular formula is C30H38N4O6. The van der Waals surface area contributed by atoms with Gasteiger partial charge in [0.15, 0.2) is 11.5 Å². The number of amides is 2. The van der Waals surface area contributed by atoms with Crippen molar-refractivity contribution in [2.75, 3.05) is 44.4 Å². The van der Waals surface area contributed by atoms with Gasteiger partial charge in [-0.2, -0.15) is 0 Å². The highest BCUT2D eigenvalue weighted by molar-refractivity contribution is 5.94. The van der Waals surface area contributed by atoms with E-state index in [-0.39, 0.29) is 31.1 Å². The zero-order valence-electron chi connectivity index (χ0n) is 23.0. The van der Waals surface area contributed by atoms with Gasteiger partial charge in [0.05, 0.1) is 24.3 Å². The van der Waals surface area contributed by atoms with Gasteiger partial charge in [0.2, 0.25) is 18.6 Å². The molecule has 214 valence electrons. The number of carboxylic acids is 1. The number of rotatable bonds is 11. The molecule has 2 aromatic rings. The van der Waals surface area contributed by atoms with Crippen LogP contribution in [0.3, 0.4) is 0 Å². The summed E-state index contributed by atoms with van der Waals surface area (Å²) in [6.45, 7) is 4.46. The minimum absolute atomic E-state index is 0.0854. The lowest BCUT2D eigenvalue weighted by atomic mass is 9.84. The number of carboxylic acid groups (broad SMARTS) is 1. The van der Waals surface area contributed by atoms with E-state index in [4.69, 9.17) is 9.47 Å². The lowest BCUT2D eigenvalue weighted by molar-refractivity contribution is -0.143. The SMILES string of the molecule is CCCCN(C(=O)CN1C[C@H](c2ccc3c(c2)OCO3)C(C(=O)O)[C@@H]1CCN1CCCCC1=O)c1cccnc1. The molecule has 2 saturated heterocycles. The summed E-state index contributed by atoms with van der Waals surface area (Å²) in [6.07, 6.45) is 8.02. The van der Waals surface area contributed by atoms with Gasteiger partial charge in [-0.05, 0) is 55.5 Å². The first-order valence-electron chi connectivity index (χ1n) is 14.3. The molecule has 10 nitrogen and oxygen atoms in total. The third-order valence-electron chi connectivity index (χ3n) is 8.31. The van der Waals surface area contributed by atoms with Crippen LogP contribution < -0.4 is 14.4 Å². The van der Waals surface area contributed by atoms with Crippen molar-refractivity contribution in [3.8, 4) is 11.5 Å². The van der Waals surface area contributed by atoms with Crippen molar-refractivity contribution in [3.05, 3.63) is 48.3 Å².